The molecule has 7 nitrogen and oxygen atoms in total. The van der Waals surface area contributed by atoms with Gasteiger partial charge in [0.05, 0.1) is 4.91 Å². The van der Waals surface area contributed by atoms with Gasteiger partial charge in [-0.1, -0.05) is 48.5 Å². The maximum atomic E-state index is 13.2. The zero-order chi connectivity index (χ0) is 27.8. The fourth-order valence-electron chi connectivity index (χ4n) is 5.51. The molecule has 4 aromatic rings. The Morgan fingerprint density at radius 1 is 0.825 bits per heavy atom. The predicted molar refractivity (Wildman–Crippen MR) is 161 cm³/mol. The number of anilines is 1. The third kappa shape index (κ3) is 4.91. The number of carbonyl (C=O) groups excluding carboxylic acids is 3. The van der Waals surface area contributed by atoms with Crippen molar-refractivity contribution in [1.82, 2.24) is 14.4 Å². The number of rotatable bonds is 5. The van der Waals surface area contributed by atoms with Gasteiger partial charge in [-0.15, -0.1) is 0 Å². The first-order valence-electron chi connectivity index (χ1n) is 13.4. The summed E-state index contributed by atoms with van der Waals surface area (Å²) in [5.74, 6) is -0.618. The van der Waals surface area contributed by atoms with E-state index in [2.05, 4.69) is 51.9 Å². The molecule has 6 rings (SSSR count). The quantitative estimate of drug-likeness (QED) is 0.301. The Morgan fingerprint density at radius 2 is 1.52 bits per heavy atom. The van der Waals surface area contributed by atoms with Gasteiger partial charge < -0.3 is 14.4 Å². The number of thioether (sulfide) groups is 1. The van der Waals surface area contributed by atoms with Crippen LogP contribution in [0.15, 0.2) is 83.8 Å². The number of carbonyl (C=O) groups is 3. The Balaban J connectivity index is 1.15. The third-order valence-corrected chi connectivity index (χ3v) is 8.58. The molecule has 3 heterocycles. The SMILES string of the molecule is Cc1cc(/C=C2/SC(=O)N(CC(=O)N3CCN(c4ccccc4)CC3)C2=O)c(C)n1-c1ccc2ccccc2c1. The minimum Gasteiger partial charge on any atom is -0.368 e. The fraction of sp³-hybridized carbons (Fsp3) is 0.219. The Kier molecular flexibility index (Phi) is 6.94. The molecule has 1 aromatic heterocycles. The van der Waals surface area contributed by atoms with Crippen molar-refractivity contribution in [3.63, 3.8) is 0 Å². The average Bonchev–Trinajstić information content (AvgIpc) is 3.41. The maximum absolute atomic E-state index is 13.2. The first-order chi connectivity index (χ1) is 19.4. The summed E-state index contributed by atoms with van der Waals surface area (Å²) in [6, 6.07) is 26.7. The van der Waals surface area contributed by atoms with Crippen molar-refractivity contribution in [3.8, 4) is 5.69 Å². The smallest absolute Gasteiger partial charge is 0.294 e. The zero-order valence-corrected chi connectivity index (χ0v) is 23.4. The largest absolute Gasteiger partial charge is 0.368 e. The predicted octanol–water partition coefficient (Wildman–Crippen LogP) is 5.63. The molecule has 2 aliphatic rings. The normalized spacial score (nSPS) is 16.9. The van der Waals surface area contributed by atoms with Crippen molar-refractivity contribution >= 4 is 51.4 Å². The van der Waals surface area contributed by atoms with E-state index in [-0.39, 0.29) is 12.5 Å². The molecule has 8 heteroatoms. The second-order valence-electron chi connectivity index (χ2n) is 10.2. The Morgan fingerprint density at radius 3 is 2.27 bits per heavy atom. The number of aromatic nitrogens is 1. The van der Waals surface area contributed by atoms with E-state index in [9.17, 15) is 14.4 Å². The van der Waals surface area contributed by atoms with Crippen LogP contribution in [0, 0.1) is 13.8 Å². The molecule has 0 aliphatic carbocycles. The number of hydrogen-bond acceptors (Lipinski definition) is 5. The standard InChI is InChI=1S/C32H30N4O3S/c1-22-18-26(23(2)36(22)28-13-12-24-8-6-7-9-25(24)19-28)20-29-31(38)35(32(39)40-29)21-30(37)34-16-14-33(15-17-34)27-10-4-3-5-11-27/h3-13,18-20H,14-17,21H2,1-2H3/b29-20+. The molecule has 2 saturated heterocycles. The van der Waals surface area contributed by atoms with E-state index in [1.807, 2.05) is 50.2 Å². The van der Waals surface area contributed by atoms with Crippen molar-refractivity contribution in [1.29, 1.82) is 0 Å². The van der Waals surface area contributed by atoms with Crippen molar-refractivity contribution < 1.29 is 14.4 Å². The van der Waals surface area contributed by atoms with Crippen LogP contribution in [0.4, 0.5) is 10.5 Å². The number of piperazine rings is 1. The van der Waals surface area contributed by atoms with Crippen LogP contribution in [0.5, 0.6) is 0 Å². The highest BCUT2D eigenvalue weighted by Crippen LogP contribution is 2.34. The second kappa shape index (κ2) is 10.7. The molecule has 2 aliphatic heterocycles. The number of para-hydroxylation sites is 1. The molecule has 202 valence electrons. The molecule has 0 atom stereocenters. The van der Waals surface area contributed by atoms with Gasteiger partial charge in [-0.05, 0) is 78.4 Å². The molecule has 3 aromatic carbocycles. The number of amides is 3. The van der Waals surface area contributed by atoms with Crippen molar-refractivity contribution in [2.24, 2.45) is 0 Å². The highest BCUT2D eigenvalue weighted by molar-refractivity contribution is 8.18. The van der Waals surface area contributed by atoms with Gasteiger partial charge in [0.25, 0.3) is 11.1 Å². The van der Waals surface area contributed by atoms with E-state index < -0.39 is 11.1 Å². The molecule has 0 unspecified atom stereocenters. The summed E-state index contributed by atoms with van der Waals surface area (Å²) in [5.41, 5.74) is 5.06. The lowest BCUT2D eigenvalue weighted by atomic mass is 10.1. The summed E-state index contributed by atoms with van der Waals surface area (Å²) < 4.78 is 2.15. The van der Waals surface area contributed by atoms with Gasteiger partial charge in [0.2, 0.25) is 5.91 Å². The summed E-state index contributed by atoms with van der Waals surface area (Å²) in [5, 5.41) is 1.92. The van der Waals surface area contributed by atoms with Crippen LogP contribution >= 0.6 is 11.8 Å². The topological polar surface area (TPSA) is 65.9 Å². The van der Waals surface area contributed by atoms with Crippen LogP contribution in [0.2, 0.25) is 0 Å². The first-order valence-corrected chi connectivity index (χ1v) is 14.2. The summed E-state index contributed by atoms with van der Waals surface area (Å²) in [6.07, 6.45) is 1.77. The monoisotopic (exact) mass is 550 g/mol. The Labute approximate surface area is 237 Å². The van der Waals surface area contributed by atoms with E-state index in [0.717, 1.165) is 50.4 Å². The fourth-order valence-corrected chi connectivity index (χ4v) is 6.34. The van der Waals surface area contributed by atoms with E-state index in [1.54, 1.807) is 11.0 Å². The van der Waals surface area contributed by atoms with Gasteiger partial charge in [0, 0.05) is 48.9 Å². The molecule has 0 bridgehead atoms. The Bertz CT molecular complexity index is 1650. The van der Waals surface area contributed by atoms with Gasteiger partial charge in [0.15, 0.2) is 0 Å². The number of hydrogen-bond donors (Lipinski definition) is 0. The van der Waals surface area contributed by atoms with Gasteiger partial charge in [-0.25, -0.2) is 0 Å². The minimum absolute atomic E-state index is 0.203. The van der Waals surface area contributed by atoms with Gasteiger partial charge in [0.1, 0.15) is 6.54 Å². The number of imide groups is 1. The van der Waals surface area contributed by atoms with Crippen molar-refractivity contribution in [2.75, 3.05) is 37.6 Å². The first kappa shape index (κ1) is 26.0. The third-order valence-electron chi connectivity index (χ3n) is 7.67. The van der Waals surface area contributed by atoms with E-state index in [1.165, 1.54) is 5.39 Å². The molecular weight excluding hydrogens is 520 g/mol. The molecule has 2 fully saturated rings. The van der Waals surface area contributed by atoms with Gasteiger partial charge in [-0.2, -0.15) is 0 Å². The minimum atomic E-state index is -0.415. The lowest BCUT2D eigenvalue weighted by Crippen LogP contribution is -2.51. The van der Waals surface area contributed by atoms with Gasteiger partial charge in [-0.3, -0.25) is 19.3 Å². The van der Waals surface area contributed by atoms with Crippen LogP contribution in [-0.4, -0.2) is 64.1 Å². The molecule has 0 radical (unpaired) electrons. The summed E-state index contributed by atoms with van der Waals surface area (Å²) in [4.78, 5) is 44.4. The number of aryl methyl sites for hydroxylation is 1. The van der Waals surface area contributed by atoms with Crippen LogP contribution in [0.3, 0.4) is 0 Å². The second-order valence-corrected chi connectivity index (χ2v) is 11.2. The molecule has 3 amide bonds. The van der Waals surface area contributed by atoms with Crippen molar-refractivity contribution in [2.45, 2.75) is 13.8 Å². The van der Waals surface area contributed by atoms with Crippen LogP contribution in [-0.2, 0) is 9.59 Å². The average molecular weight is 551 g/mol. The van der Waals surface area contributed by atoms with Gasteiger partial charge >= 0.3 is 0 Å². The Hall–Kier alpha value is -4.30. The number of benzene rings is 3. The van der Waals surface area contributed by atoms with Crippen LogP contribution < -0.4 is 4.90 Å². The maximum Gasteiger partial charge on any atom is 0.294 e. The lowest BCUT2D eigenvalue weighted by Gasteiger charge is -2.36. The van der Waals surface area contributed by atoms with Crippen LogP contribution in [0.25, 0.3) is 22.5 Å². The zero-order valence-electron chi connectivity index (χ0n) is 22.5. The van der Waals surface area contributed by atoms with Crippen LogP contribution in [0.1, 0.15) is 17.0 Å². The molecule has 40 heavy (non-hydrogen) atoms. The molecule has 0 saturated carbocycles. The number of nitrogens with zero attached hydrogens (tertiary/aromatic N) is 4. The summed E-state index contributed by atoms with van der Waals surface area (Å²) >= 11 is 0.895. The highest BCUT2D eigenvalue weighted by Gasteiger charge is 2.37. The summed E-state index contributed by atoms with van der Waals surface area (Å²) in [6.45, 7) is 6.34. The van der Waals surface area contributed by atoms with E-state index >= 15 is 0 Å². The molecular formula is C32H30N4O3S. The molecule has 0 spiro atoms. The molecule has 0 N–H and O–H groups in total. The summed E-state index contributed by atoms with van der Waals surface area (Å²) in [7, 11) is 0. The lowest BCUT2D eigenvalue weighted by molar-refractivity contribution is -0.136. The van der Waals surface area contributed by atoms with Crippen molar-refractivity contribution in [3.05, 3.63) is 101 Å². The van der Waals surface area contributed by atoms with E-state index in [4.69, 9.17) is 0 Å². The van der Waals surface area contributed by atoms with E-state index in [0.29, 0.717) is 31.1 Å². The number of fused-ring (bicyclic) bond motifs is 1. The highest BCUT2D eigenvalue weighted by atomic mass is 32.2.